The third-order valence-corrected chi connectivity index (χ3v) is 5.26. The van der Waals surface area contributed by atoms with E-state index >= 15 is 0 Å². The number of aliphatic imine (C=N–C) groups is 1. The van der Waals surface area contributed by atoms with Crippen molar-refractivity contribution in [2.75, 3.05) is 12.0 Å². The SMILES string of the molecule is C=C1c2ccccc2N=C(/C=C/c2cccc(OC)c2C)N1c1ccccc1C. The number of para-hydroxylation sites is 2. The van der Waals surface area contributed by atoms with E-state index in [1.54, 1.807) is 7.11 Å². The Labute approximate surface area is 172 Å². The number of ether oxygens (including phenoxy) is 1. The first-order valence-electron chi connectivity index (χ1n) is 9.64. The number of fused-ring (bicyclic) bond motifs is 1. The van der Waals surface area contributed by atoms with E-state index in [4.69, 9.17) is 9.73 Å². The van der Waals surface area contributed by atoms with Gasteiger partial charge in [-0.15, -0.1) is 0 Å². The summed E-state index contributed by atoms with van der Waals surface area (Å²) < 4.78 is 5.46. The van der Waals surface area contributed by atoms with E-state index in [0.717, 1.165) is 45.3 Å². The van der Waals surface area contributed by atoms with Crippen molar-refractivity contribution < 1.29 is 4.74 Å². The van der Waals surface area contributed by atoms with Crippen LogP contribution in [0.4, 0.5) is 11.4 Å². The monoisotopic (exact) mass is 380 g/mol. The lowest BCUT2D eigenvalue weighted by Crippen LogP contribution is -2.30. The number of hydrogen-bond donors (Lipinski definition) is 0. The number of amidine groups is 1. The van der Waals surface area contributed by atoms with Crippen LogP contribution in [0.25, 0.3) is 11.8 Å². The molecule has 0 N–H and O–H groups in total. The molecule has 1 aliphatic rings. The number of methoxy groups -OCH3 is 1. The number of aryl methyl sites for hydroxylation is 1. The van der Waals surface area contributed by atoms with Crippen molar-refractivity contribution in [3.8, 4) is 5.75 Å². The van der Waals surface area contributed by atoms with Crippen molar-refractivity contribution in [2.45, 2.75) is 13.8 Å². The molecule has 0 unspecified atom stereocenters. The third kappa shape index (κ3) is 3.47. The maximum Gasteiger partial charge on any atom is 0.138 e. The molecule has 1 heterocycles. The molecule has 0 saturated heterocycles. The second-order valence-corrected chi connectivity index (χ2v) is 7.06. The normalized spacial score (nSPS) is 13.4. The van der Waals surface area contributed by atoms with Crippen LogP contribution in [0.15, 0.2) is 84.4 Å². The molecular weight excluding hydrogens is 356 g/mol. The van der Waals surface area contributed by atoms with Gasteiger partial charge in [-0.05, 0) is 54.8 Å². The quantitative estimate of drug-likeness (QED) is 0.513. The number of anilines is 1. The molecule has 3 aromatic carbocycles. The van der Waals surface area contributed by atoms with Crippen LogP contribution in [-0.4, -0.2) is 12.9 Å². The van der Waals surface area contributed by atoms with E-state index in [1.807, 2.05) is 42.5 Å². The Morgan fingerprint density at radius 3 is 2.45 bits per heavy atom. The average Bonchev–Trinajstić information content (AvgIpc) is 2.74. The Bertz CT molecular complexity index is 1140. The summed E-state index contributed by atoms with van der Waals surface area (Å²) in [5.41, 5.74) is 7.36. The average molecular weight is 380 g/mol. The van der Waals surface area contributed by atoms with Crippen LogP contribution >= 0.6 is 0 Å². The number of nitrogens with zero attached hydrogens (tertiary/aromatic N) is 2. The molecule has 3 heteroatoms. The summed E-state index contributed by atoms with van der Waals surface area (Å²) in [7, 11) is 1.70. The molecule has 0 saturated carbocycles. The molecule has 4 rings (SSSR count). The van der Waals surface area contributed by atoms with E-state index in [-0.39, 0.29) is 0 Å². The van der Waals surface area contributed by atoms with Crippen molar-refractivity contribution in [3.63, 3.8) is 0 Å². The van der Waals surface area contributed by atoms with Crippen LogP contribution in [0.2, 0.25) is 0 Å². The van der Waals surface area contributed by atoms with Gasteiger partial charge in [0.25, 0.3) is 0 Å². The largest absolute Gasteiger partial charge is 0.496 e. The van der Waals surface area contributed by atoms with Gasteiger partial charge >= 0.3 is 0 Å². The van der Waals surface area contributed by atoms with Crippen molar-refractivity contribution in [3.05, 3.63) is 102 Å². The van der Waals surface area contributed by atoms with Gasteiger partial charge in [-0.25, -0.2) is 4.99 Å². The number of rotatable bonds is 4. The third-order valence-electron chi connectivity index (χ3n) is 5.26. The predicted molar refractivity (Wildman–Crippen MR) is 123 cm³/mol. The molecule has 0 aromatic heterocycles. The fourth-order valence-electron chi connectivity index (χ4n) is 3.64. The van der Waals surface area contributed by atoms with Crippen LogP contribution in [-0.2, 0) is 0 Å². The minimum atomic E-state index is 0.838. The molecule has 0 amide bonds. The van der Waals surface area contributed by atoms with Crippen LogP contribution in [0.5, 0.6) is 5.75 Å². The van der Waals surface area contributed by atoms with Crippen molar-refractivity contribution >= 4 is 29.0 Å². The summed E-state index contributed by atoms with van der Waals surface area (Å²) in [4.78, 5) is 7.07. The molecule has 0 aliphatic carbocycles. The van der Waals surface area contributed by atoms with Gasteiger partial charge in [0.15, 0.2) is 0 Å². The van der Waals surface area contributed by atoms with E-state index in [0.29, 0.717) is 0 Å². The van der Waals surface area contributed by atoms with Crippen LogP contribution in [0.3, 0.4) is 0 Å². The summed E-state index contributed by atoms with van der Waals surface area (Å²) in [6.07, 6.45) is 4.14. The molecule has 3 aromatic rings. The molecule has 0 radical (unpaired) electrons. The summed E-state index contributed by atoms with van der Waals surface area (Å²) in [6.45, 7) is 8.57. The fourth-order valence-corrected chi connectivity index (χ4v) is 3.64. The summed E-state index contributed by atoms with van der Waals surface area (Å²) in [6, 6.07) is 22.5. The van der Waals surface area contributed by atoms with Crippen molar-refractivity contribution in [1.29, 1.82) is 0 Å². The minimum Gasteiger partial charge on any atom is -0.496 e. The molecular formula is C26H24N2O. The highest BCUT2D eigenvalue weighted by molar-refractivity contribution is 6.19. The Morgan fingerprint density at radius 1 is 0.897 bits per heavy atom. The molecule has 0 bridgehead atoms. The van der Waals surface area contributed by atoms with Gasteiger partial charge in [0.1, 0.15) is 11.6 Å². The zero-order valence-corrected chi connectivity index (χ0v) is 17.0. The molecule has 3 nitrogen and oxygen atoms in total. The molecule has 0 fully saturated rings. The van der Waals surface area contributed by atoms with Crippen LogP contribution in [0.1, 0.15) is 22.3 Å². The summed E-state index contributed by atoms with van der Waals surface area (Å²) in [5.74, 6) is 1.72. The minimum absolute atomic E-state index is 0.838. The second kappa shape index (κ2) is 7.80. The number of hydrogen-bond acceptors (Lipinski definition) is 3. The lowest BCUT2D eigenvalue weighted by molar-refractivity contribution is 0.411. The Hall–Kier alpha value is -3.59. The smallest absolute Gasteiger partial charge is 0.138 e. The van der Waals surface area contributed by atoms with Gasteiger partial charge in [-0.3, -0.25) is 4.90 Å². The van der Waals surface area contributed by atoms with Crippen LogP contribution in [0, 0.1) is 13.8 Å². The first kappa shape index (κ1) is 18.8. The zero-order valence-electron chi connectivity index (χ0n) is 17.0. The van der Waals surface area contributed by atoms with Gasteiger partial charge in [0.05, 0.1) is 18.5 Å². The van der Waals surface area contributed by atoms with E-state index in [1.165, 1.54) is 5.56 Å². The summed E-state index contributed by atoms with van der Waals surface area (Å²) in [5, 5.41) is 0. The molecule has 29 heavy (non-hydrogen) atoms. The maximum atomic E-state index is 5.46. The Morgan fingerprint density at radius 2 is 1.66 bits per heavy atom. The second-order valence-electron chi connectivity index (χ2n) is 7.06. The highest BCUT2D eigenvalue weighted by Crippen LogP contribution is 2.37. The fraction of sp³-hybridized carbons (Fsp3) is 0.115. The topological polar surface area (TPSA) is 24.8 Å². The predicted octanol–water partition coefficient (Wildman–Crippen LogP) is 6.55. The van der Waals surface area contributed by atoms with Gasteiger partial charge in [0.2, 0.25) is 0 Å². The van der Waals surface area contributed by atoms with Crippen LogP contribution < -0.4 is 9.64 Å². The van der Waals surface area contributed by atoms with Gasteiger partial charge in [-0.1, -0.05) is 61.2 Å². The first-order valence-corrected chi connectivity index (χ1v) is 9.64. The van der Waals surface area contributed by atoms with Gasteiger partial charge < -0.3 is 4.74 Å². The first-order chi connectivity index (χ1) is 14.1. The Kier molecular flexibility index (Phi) is 5.05. The van der Waals surface area contributed by atoms with E-state index in [2.05, 4.69) is 61.7 Å². The van der Waals surface area contributed by atoms with Crippen molar-refractivity contribution in [1.82, 2.24) is 0 Å². The molecule has 1 aliphatic heterocycles. The maximum absolute atomic E-state index is 5.46. The lowest BCUT2D eigenvalue weighted by atomic mass is 10.0. The van der Waals surface area contributed by atoms with E-state index in [9.17, 15) is 0 Å². The van der Waals surface area contributed by atoms with Gasteiger partial charge in [-0.2, -0.15) is 0 Å². The van der Waals surface area contributed by atoms with Gasteiger partial charge in [0, 0.05) is 11.3 Å². The molecule has 0 spiro atoms. The number of benzene rings is 3. The zero-order chi connectivity index (χ0) is 20.4. The lowest BCUT2D eigenvalue weighted by Gasteiger charge is -2.32. The van der Waals surface area contributed by atoms with E-state index < -0.39 is 0 Å². The highest BCUT2D eigenvalue weighted by Gasteiger charge is 2.24. The Balaban J connectivity index is 1.83. The summed E-state index contributed by atoms with van der Waals surface area (Å²) >= 11 is 0. The van der Waals surface area contributed by atoms with Crippen molar-refractivity contribution in [2.24, 2.45) is 4.99 Å². The standard InChI is InChI=1S/C26H24N2O/c1-18-10-5-8-14-24(18)28-20(3)22-12-6-7-13-23(22)27-26(28)17-16-21-11-9-15-25(29-4)19(21)2/h5-17H,3H2,1-2,4H3/b17-16+. The highest BCUT2D eigenvalue weighted by atomic mass is 16.5. The molecule has 0 atom stereocenters. The molecule has 144 valence electrons.